The maximum Gasteiger partial charge on any atom is 0.347 e. The normalized spacial score (nSPS) is 11.9. The van der Waals surface area contributed by atoms with E-state index in [9.17, 15) is 14.4 Å². The van der Waals surface area contributed by atoms with E-state index in [1.54, 1.807) is 31.2 Å². The number of nitrogens with zero attached hydrogens (tertiary/aromatic N) is 3. The lowest BCUT2D eigenvalue weighted by molar-refractivity contribution is -0.166. The molecule has 0 aliphatic heterocycles. The molecule has 0 aliphatic carbocycles. The van der Waals surface area contributed by atoms with Gasteiger partial charge in [0.15, 0.2) is 6.10 Å². The number of ether oxygens (including phenoxy) is 2. The van der Waals surface area contributed by atoms with Gasteiger partial charge in [0.1, 0.15) is 5.52 Å². The smallest absolute Gasteiger partial charge is 0.347 e. The van der Waals surface area contributed by atoms with Gasteiger partial charge < -0.3 is 9.47 Å². The van der Waals surface area contributed by atoms with Crippen LogP contribution in [-0.2, 0) is 25.6 Å². The lowest BCUT2D eigenvalue weighted by Gasteiger charge is -2.12. The van der Waals surface area contributed by atoms with Gasteiger partial charge in [-0.3, -0.25) is 9.59 Å². The van der Waals surface area contributed by atoms with Crippen molar-refractivity contribution in [2.75, 3.05) is 6.61 Å². The Bertz CT molecular complexity index is 771. The lowest BCUT2D eigenvalue weighted by Crippen LogP contribution is -2.29. The quantitative estimate of drug-likeness (QED) is 0.721. The summed E-state index contributed by atoms with van der Waals surface area (Å²) in [6, 6.07) is 6.81. The van der Waals surface area contributed by atoms with Crippen LogP contribution in [0.25, 0.3) is 10.9 Å². The predicted molar refractivity (Wildman–Crippen MR) is 80.6 cm³/mol. The SMILES string of the molecule is CCOC(=O)[C@H](C)OC(=O)CCn1nnc2ccccc2c1=O. The first kappa shape index (κ1) is 16.6. The summed E-state index contributed by atoms with van der Waals surface area (Å²) in [5.41, 5.74) is 0.161. The maximum atomic E-state index is 12.2. The van der Waals surface area contributed by atoms with Gasteiger partial charge in [0.25, 0.3) is 5.56 Å². The number of rotatable bonds is 6. The van der Waals surface area contributed by atoms with Gasteiger partial charge in [-0.15, -0.1) is 5.10 Å². The van der Waals surface area contributed by atoms with Crippen molar-refractivity contribution in [2.24, 2.45) is 0 Å². The minimum Gasteiger partial charge on any atom is -0.463 e. The molecule has 0 amide bonds. The molecule has 8 nitrogen and oxygen atoms in total. The Kier molecular flexibility index (Phi) is 5.40. The molecule has 1 heterocycles. The fourth-order valence-electron chi connectivity index (χ4n) is 1.93. The number of carbonyl (C=O) groups excluding carboxylic acids is 2. The molecule has 0 radical (unpaired) electrons. The first-order chi connectivity index (χ1) is 11.0. The van der Waals surface area contributed by atoms with E-state index in [4.69, 9.17) is 9.47 Å². The third-order valence-corrected chi connectivity index (χ3v) is 3.08. The van der Waals surface area contributed by atoms with Gasteiger partial charge in [-0.1, -0.05) is 17.3 Å². The number of benzene rings is 1. The first-order valence-electron chi connectivity index (χ1n) is 7.21. The van der Waals surface area contributed by atoms with Crippen LogP contribution in [-0.4, -0.2) is 39.6 Å². The molecule has 1 aromatic carbocycles. The number of aromatic nitrogens is 3. The van der Waals surface area contributed by atoms with Crippen molar-refractivity contribution in [1.82, 2.24) is 15.0 Å². The average molecular weight is 319 g/mol. The monoisotopic (exact) mass is 319 g/mol. The number of esters is 2. The van der Waals surface area contributed by atoms with Gasteiger partial charge in [-0.25, -0.2) is 9.48 Å². The Morgan fingerprint density at radius 2 is 2.04 bits per heavy atom. The zero-order valence-corrected chi connectivity index (χ0v) is 12.9. The van der Waals surface area contributed by atoms with Crippen molar-refractivity contribution in [2.45, 2.75) is 32.9 Å². The molecule has 0 spiro atoms. The molecule has 0 bridgehead atoms. The maximum absolute atomic E-state index is 12.2. The van der Waals surface area contributed by atoms with Crippen molar-refractivity contribution in [3.05, 3.63) is 34.6 Å². The summed E-state index contributed by atoms with van der Waals surface area (Å²) >= 11 is 0. The zero-order valence-electron chi connectivity index (χ0n) is 12.9. The minimum absolute atomic E-state index is 0.0189. The molecule has 0 fully saturated rings. The summed E-state index contributed by atoms with van der Waals surface area (Å²) in [6.07, 6.45) is -1.08. The largest absolute Gasteiger partial charge is 0.463 e. The second kappa shape index (κ2) is 7.48. The molecule has 0 aliphatic rings. The summed E-state index contributed by atoms with van der Waals surface area (Å²) in [6.45, 7) is 3.32. The molecular formula is C15H17N3O5. The van der Waals surface area contributed by atoms with Crippen LogP contribution in [0.3, 0.4) is 0 Å². The standard InChI is InChI=1S/C15H17N3O5/c1-3-22-15(21)10(2)23-13(19)8-9-18-14(20)11-6-4-5-7-12(11)16-17-18/h4-7,10H,3,8-9H2,1-2H3/t10-/m0/s1. The van der Waals surface area contributed by atoms with Crippen LogP contribution >= 0.6 is 0 Å². The highest BCUT2D eigenvalue weighted by Gasteiger charge is 2.19. The van der Waals surface area contributed by atoms with Gasteiger partial charge in [-0.05, 0) is 26.0 Å². The zero-order chi connectivity index (χ0) is 16.8. The van der Waals surface area contributed by atoms with Crippen molar-refractivity contribution in [3.63, 3.8) is 0 Å². The Labute approximate surface area is 132 Å². The molecular weight excluding hydrogens is 302 g/mol. The fraction of sp³-hybridized carbons (Fsp3) is 0.400. The van der Waals surface area contributed by atoms with E-state index in [0.29, 0.717) is 10.9 Å². The lowest BCUT2D eigenvalue weighted by atomic mass is 10.2. The second-order valence-electron chi connectivity index (χ2n) is 4.77. The van der Waals surface area contributed by atoms with Crippen LogP contribution in [0.15, 0.2) is 29.1 Å². The molecule has 0 N–H and O–H groups in total. The third kappa shape index (κ3) is 4.12. The predicted octanol–water partition coefficient (Wildman–Crippen LogP) is 0.676. The van der Waals surface area contributed by atoms with Gasteiger partial charge in [0, 0.05) is 0 Å². The van der Waals surface area contributed by atoms with Crippen LogP contribution in [0.4, 0.5) is 0 Å². The number of fused-ring (bicyclic) bond motifs is 1. The van der Waals surface area contributed by atoms with Crippen LogP contribution in [0.2, 0.25) is 0 Å². The van der Waals surface area contributed by atoms with E-state index in [1.807, 2.05) is 0 Å². The van der Waals surface area contributed by atoms with E-state index < -0.39 is 18.0 Å². The van der Waals surface area contributed by atoms with Crippen LogP contribution < -0.4 is 5.56 Å². The first-order valence-corrected chi connectivity index (χ1v) is 7.21. The summed E-state index contributed by atoms with van der Waals surface area (Å²) in [4.78, 5) is 35.3. The number of hydrogen-bond acceptors (Lipinski definition) is 7. The fourth-order valence-corrected chi connectivity index (χ4v) is 1.93. The summed E-state index contributed by atoms with van der Waals surface area (Å²) in [5, 5.41) is 8.12. The Balaban J connectivity index is 1.98. The van der Waals surface area contributed by atoms with E-state index in [1.165, 1.54) is 6.92 Å². The summed E-state index contributed by atoms with van der Waals surface area (Å²) in [7, 11) is 0. The van der Waals surface area contributed by atoms with Crippen molar-refractivity contribution in [1.29, 1.82) is 0 Å². The molecule has 122 valence electrons. The molecule has 2 aromatic rings. The minimum atomic E-state index is -0.984. The van der Waals surface area contributed by atoms with Gasteiger partial charge in [0.05, 0.1) is 25.0 Å². The molecule has 0 saturated heterocycles. The highest BCUT2D eigenvalue weighted by Crippen LogP contribution is 2.04. The molecule has 1 aromatic heterocycles. The third-order valence-electron chi connectivity index (χ3n) is 3.08. The highest BCUT2D eigenvalue weighted by atomic mass is 16.6. The van der Waals surface area contributed by atoms with Crippen molar-refractivity contribution >= 4 is 22.8 Å². The molecule has 0 saturated carbocycles. The van der Waals surface area contributed by atoms with Gasteiger partial charge >= 0.3 is 11.9 Å². The summed E-state index contributed by atoms with van der Waals surface area (Å²) < 4.78 is 10.8. The Morgan fingerprint density at radius 1 is 1.30 bits per heavy atom. The molecule has 1 atom stereocenters. The van der Waals surface area contributed by atoms with Crippen LogP contribution in [0.5, 0.6) is 0 Å². The van der Waals surface area contributed by atoms with E-state index in [-0.39, 0.29) is 25.1 Å². The Morgan fingerprint density at radius 3 is 2.78 bits per heavy atom. The highest BCUT2D eigenvalue weighted by molar-refractivity contribution is 5.79. The van der Waals surface area contributed by atoms with Crippen LogP contribution in [0, 0.1) is 0 Å². The van der Waals surface area contributed by atoms with E-state index >= 15 is 0 Å². The summed E-state index contributed by atoms with van der Waals surface area (Å²) in [5.74, 6) is -1.23. The van der Waals surface area contributed by atoms with Gasteiger partial charge in [0.2, 0.25) is 0 Å². The van der Waals surface area contributed by atoms with E-state index in [2.05, 4.69) is 10.3 Å². The number of carbonyl (C=O) groups is 2. The topological polar surface area (TPSA) is 100 Å². The van der Waals surface area contributed by atoms with Gasteiger partial charge in [-0.2, -0.15) is 0 Å². The van der Waals surface area contributed by atoms with Crippen LogP contribution in [0.1, 0.15) is 20.3 Å². The molecule has 2 rings (SSSR count). The average Bonchev–Trinajstić information content (AvgIpc) is 2.54. The number of hydrogen-bond donors (Lipinski definition) is 0. The number of aryl methyl sites for hydroxylation is 1. The molecule has 23 heavy (non-hydrogen) atoms. The van der Waals surface area contributed by atoms with Crippen molar-refractivity contribution in [3.8, 4) is 0 Å². The molecule has 8 heteroatoms. The second-order valence-corrected chi connectivity index (χ2v) is 4.77. The van der Waals surface area contributed by atoms with E-state index in [0.717, 1.165) is 4.68 Å². The molecule has 0 unspecified atom stereocenters. The van der Waals surface area contributed by atoms with Crippen molar-refractivity contribution < 1.29 is 19.1 Å². The Hall–Kier alpha value is -2.77.